The van der Waals surface area contributed by atoms with Gasteiger partial charge in [0, 0.05) is 57.5 Å². The standard InChI is InChI=1S/C39H51FN4O6/c1-25-31(34(37(47)48)50-38(2,3)4)33(44-21-19-39(5,6)20-22-44)32(30(41-25)24-43(9)36(46)35(45)42(7)8)27-12-16-29(17-13-27)49-23-18-26-10-14-28(40)15-11-26/h10-17,34H,18-24H2,1-9H3,(H,47,48). The summed E-state index contributed by atoms with van der Waals surface area (Å²) in [5, 5.41) is 10.6. The van der Waals surface area contributed by atoms with E-state index in [0.717, 1.165) is 24.0 Å². The number of nitrogens with zero attached hydrogens (tertiary/aromatic N) is 4. The van der Waals surface area contributed by atoms with Crippen molar-refractivity contribution >= 4 is 23.5 Å². The Bertz CT molecular complexity index is 1670. The number of aliphatic carboxylic acids is 1. The summed E-state index contributed by atoms with van der Waals surface area (Å²) in [5.41, 5.74) is 3.87. The minimum absolute atomic E-state index is 0.00892. The van der Waals surface area contributed by atoms with E-state index in [-0.39, 0.29) is 17.8 Å². The number of benzene rings is 2. The minimum Gasteiger partial charge on any atom is -0.493 e. The predicted octanol–water partition coefficient (Wildman–Crippen LogP) is 6.43. The molecular formula is C39H51FN4O6. The highest BCUT2D eigenvalue weighted by Gasteiger charge is 2.37. The van der Waals surface area contributed by atoms with Crippen LogP contribution in [0.5, 0.6) is 5.75 Å². The molecule has 1 atom stereocenters. The molecule has 3 aromatic rings. The normalized spacial score (nSPS) is 15.0. The van der Waals surface area contributed by atoms with Gasteiger partial charge < -0.3 is 29.3 Å². The first-order valence-corrected chi connectivity index (χ1v) is 17.0. The summed E-state index contributed by atoms with van der Waals surface area (Å²) in [6.07, 6.45) is 1.06. The molecule has 1 N–H and O–H groups in total. The molecule has 10 nitrogen and oxygen atoms in total. The summed E-state index contributed by atoms with van der Waals surface area (Å²) in [5.74, 6) is -2.13. The average Bonchev–Trinajstić information content (AvgIpc) is 3.03. The average molecular weight is 691 g/mol. The number of carboxylic acids is 1. The Morgan fingerprint density at radius 1 is 0.980 bits per heavy atom. The van der Waals surface area contributed by atoms with Gasteiger partial charge in [0.05, 0.1) is 30.1 Å². The lowest BCUT2D eigenvalue weighted by Crippen LogP contribution is -2.41. The second-order valence-corrected chi connectivity index (χ2v) is 15.0. The summed E-state index contributed by atoms with van der Waals surface area (Å²) < 4.78 is 25.6. The van der Waals surface area contributed by atoms with Crippen LogP contribution in [0.3, 0.4) is 0 Å². The van der Waals surface area contributed by atoms with E-state index in [1.165, 1.54) is 36.0 Å². The second-order valence-electron chi connectivity index (χ2n) is 15.0. The van der Waals surface area contributed by atoms with Crippen LogP contribution in [0.15, 0.2) is 48.5 Å². The zero-order valence-electron chi connectivity index (χ0n) is 30.8. The molecule has 1 saturated heterocycles. The Morgan fingerprint density at radius 2 is 1.58 bits per heavy atom. The van der Waals surface area contributed by atoms with Crippen molar-refractivity contribution in [3.05, 3.63) is 76.9 Å². The second kappa shape index (κ2) is 15.6. The Kier molecular flexibility index (Phi) is 11.9. The number of hydrogen-bond donors (Lipinski definition) is 1. The number of carboxylic acid groups (broad SMARTS) is 1. The zero-order valence-corrected chi connectivity index (χ0v) is 30.8. The number of halogens is 1. The Hall–Kier alpha value is -4.51. The van der Waals surface area contributed by atoms with Crippen molar-refractivity contribution in [3.8, 4) is 16.9 Å². The lowest BCUT2D eigenvalue weighted by Gasteiger charge is -2.41. The molecule has 1 fully saturated rings. The highest BCUT2D eigenvalue weighted by molar-refractivity contribution is 6.34. The van der Waals surface area contributed by atoms with Crippen molar-refractivity contribution in [1.29, 1.82) is 0 Å². The van der Waals surface area contributed by atoms with Crippen LogP contribution in [-0.2, 0) is 32.1 Å². The largest absolute Gasteiger partial charge is 0.493 e. The van der Waals surface area contributed by atoms with Crippen molar-refractivity contribution in [2.75, 3.05) is 45.7 Å². The maximum Gasteiger partial charge on any atom is 0.337 e. The molecule has 1 aromatic heterocycles. The number of carbonyl (C=O) groups is 3. The fourth-order valence-corrected chi connectivity index (χ4v) is 6.05. The van der Waals surface area contributed by atoms with Gasteiger partial charge in [-0.25, -0.2) is 9.18 Å². The maximum atomic E-state index is 13.3. The maximum absolute atomic E-state index is 13.3. The summed E-state index contributed by atoms with van der Waals surface area (Å²) in [4.78, 5) is 48.5. The summed E-state index contributed by atoms with van der Waals surface area (Å²) in [7, 11) is 4.61. The van der Waals surface area contributed by atoms with Gasteiger partial charge >= 0.3 is 17.8 Å². The first-order valence-electron chi connectivity index (χ1n) is 17.0. The first kappa shape index (κ1) is 38.3. The van der Waals surface area contributed by atoms with Crippen LogP contribution >= 0.6 is 0 Å². The van der Waals surface area contributed by atoms with Crippen molar-refractivity contribution in [2.45, 2.75) is 79.1 Å². The number of rotatable bonds is 11. The first-order chi connectivity index (χ1) is 23.4. The van der Waals surface area contributed by atoms with Gasteiger partial charge in [-0.05, 0) is 81.3 Å². The lowest BCUT2D eigenvalue weighted by atomic mass is 9.81. The number of likely N-dealkylation sites (N-methyl/N-ethyl adjacent to an activating group) is 2. The number of hydrogen-bond acceptors (Lipinski definition) is 7. The van der Waals surface area contributed by atoms with Gasteiger partial charge in [-0.1, -0.05) is 38.1 Å². The Labute approximate surface area is 295 Å². The molecule has 1 unspecified atom stereocenters. The van der Waals surface area contributed by atoms with Crippen LogP contribution in [0, 0.1) is 18.2 Å². The van der Waals surface area contributed by atoms with Gasteiger partial charge in [0.15, 0.2) is 6.10 Å². The number of ether oxygens (including phenoxy) is 2. The summed E-state index contributed by atoms with van der Waals surface area (Å²) in [6, 6.07) is 13.8. The predicted molar refractivity (Wildman–Crippen MR) is 192 cm³/mol. The lowest BCUT2D eigenvalue weighted by molar-refractivity contribution is -0.160. The van der Waals surface area contributed by atoms with Gasteiger partial charge in [-0.2, -0.15) is 0 Å². The van der Waals surface area contributed by atoms with E-state index >= 15 is 0 Å². The summed E-state index contributed by atoms with van der Waals surface area (Å²) in [6.45, 7) is 13.4. The molecule has 0 bridgehead atoms. The number of aryl methyl sites for hydroxylation is 1. The van der Waals surface area contributed by atoms with Crippen molar-refractivity contribution in [3.63, 3.8) is 0 Å². The van der Waals surface area contributed by atoms with Gasteiger partial charge in [0.25, 0.3) is 0 Å². The molecule has 0 radical (unpaired) electrons. The third-order valence-corrected chi connectivity index (χ3v) is 8.90. The molecule has 1 aliphatic rings. The highest BCUT2D eigenvalue weighted by atomic mass is 19.1. The number of piperidine rings is 1. The molecule has 270 valence electrons. The van der Waals surface area contributed by atoms with Gasteiger partial charge in [0.2, 0.25) is 0 Å². The SMILES string of the molecule is Cc1nc(CN(C)C(=O)C(=O)N(C)C)c(-c2ccc(OCCc3ccc(F)cc3)cc2)c(N2CCC(C)(C)CC2)c1C(OC(C)(C)C)C(=O)O. The van der Waals surface area contributed by atoms with Gasteiger partial charge in [-0.3, -0.25) is 14.6 Å². The number of anilines is 1. The van der Waals surface area contributed by atoms with Crippen LogP contribution in [0.2, 0.25) is 0 Å². The van der Waals surface area contributed by atoms with E-state index < -0.39 is 29.5 Å². The van der Waals surface area contributed by atoms with Gasteiger partial charge in [-0.15, -0.1) is 0 Å². The number of pyridine rings is 1. The molecule has 11 heteroatoms. The van der Waals surface area contributed by atoms with Crippen LogP contribution in [0.1, 0.15) is 76.1 Å². The molecule has 0 spiro atoms. The van der Waals surface area contributed by atoms with Crippen LogP contribution in [0.4, 0.5) is 10.1 Å². The Morgan fingerprint density at radius 3 is 2.12 bits per heavy atom. The zero-order chi connectivity index (χ0) is 37.0. The van der Waals surface area contributed by atoms with Crippen LogP contribution in [0.25, 0.3) is 11.1 Å². The third-order valence-electron chi connectivity index (χ3n) is 8.90. The fourth-order valence-electron chi connectivity index (χ4n) is 6.05. The smallest absolute Gasteiger partial charge is 0.337 e. The fraction of sp³-hybridized carbons (Fsp3) is 0.487. The molecular weight excluding hydrogens is 639 g/mol. The molecule has 2 amide bonds. The van der Waals surface area contributed by atoms with E-state index in [1.807, 2.05) is 45.0 Å². The minimum atomic E-state index is -1.32. The highest BCUT2D eigenvalue weighted by Crippen LogP contribution is 2.45. The number of amides is 2. The monoisotopic (exact) mass is 690 g/mol. The van der Waals surface area contributed by atoms with Gasteiger partial charge in [0.1, 0.15) is 11.6 Å². The third kappa shape index (κ3) is 9.59. The van der Waals surface area contributed by atoms with Crippen molar-refractivity contribution < 1.29 is 33.4 Å². The molecule has 0 saturated carbocycles. The molecule has 2 aromatic carbocycles. The molecule has 50 heavy (non-hydrogen) atoms. The molecule has 2 heterocycles. The van der Waals surface area contributed by atoms with Crippen LogP contribution < -0.4 is 9.64 Å². The van der Waals surface area contributed by atoms with Crippen molar-refractivity contribution in [1.82, 2.24) is 14.8 Å². The van der Waals surface area contributed by atoms with E-state index in [0.29, 0.717) is 60.1 Å². The molecule has 0 aliphatic carbocycles. The van der Waals surface area contributed by atoms with E-state index in [9.17, 15) is 23.9 Å². The number of aromatic nitrogens is 1. The summed E-state index contributed by atoms with van der Waals surface area (Å²) >= 11 is 0. The Balaban J connectivity index is 1.86. The van der Waals surface area contributed by atoms with E-state index in [1.54, 1.807) is 26.1 Å². The quantitative estimate of drug-likeness (QED) is 0.229. The number of carbonyl (C=O) groups excluding carboxylic acids is 2. The van der Waals surface area contributed by atoms with E-state index in [2.05, 4.69) is 18.7 Å². The van der Waals surface area contributed by atoms with Crippen molar-refractivity contribution in [2.24, 2.45) is 5.41 Å². The molecule has 1 aliphatic heterocycles. The molecule has 4 rings (SSSR count). The van der Waals surface area contributed by atoms with E-state index in [4.69, 9.17) is 14.5 Å². The van der Waals surface area contributed by atoms with Crippen LogP contribution in [-0.4, -0.2) is 84.1 Å². The topological polar surface area (TPSA) is 113 Å².